The highest BCUT2D eigenvalue weighted by Gasteiger charge is 2.10. The van der Waals surface area contributed by atoms with E-state index in [4.69, 9.17) is 9.56 Å². The van der Waals surface area contributed by atoms with E-state index in [1.54, 1.807) is 18.3 Å². The number of aryl methyl sites for hydroxylation is 3. The minimum atomic E-state index is -3.65. The number of aromatic nitrogens is 2. The molecule has 0 amide bonds. The second kappa shape index (κ2) is 6.02. The molecular weight excluding hydrogens is 314 g/mol. The van der Waals surface area contributed by atoms with E-state index in [1.165, 1.54) is 12.1 Å². The first-order chi connectivity index (χ1) is 10.9. The van der Waals surface area contributed by atoms with Gasteiger partial charge in [-0.15, -0.1) is 0 Å². The SMILES string of the molecule is Cc1ccc(-c2nccn2CCc2ccc(S(N)(=O)=O)cc2)o1. The second-order valence-electron chi connectivity index (χ2n) is 5.29. The molecule has 0 aliphatic heterocycles. The predicted octanol–water partition coefficient (Wildman–Crippen LogP) is 2.34. The zero-order valence-electron chi connectivity index (χ0n) is 12.6. The van der Waals surface area contributed by atoms with E-state index in [2.05, 4.69) is 4.98 Å². The van der Waals surface area contributed by atoms with Crippen molar-refractivity contribution in [1.82, 2.24) is 9.55 Å². The van der Waals surface area contributed by atoms with Crippen LogP contribution in [0.4, 0.5) is 0 Å². The summed E-state index contributed by atoms with van der Waals surface area (Å²) < 4.78 is 30.1. The third kappa shape index (κ3) is 3.52. The molecule has 7 heteroatoms. The average Bonchev–Trinajstić information content (AvgIpc) is 3.13. The van der Waals surface area contributed by atoms with Gasteiger partial charge in [0.2, 0.25) is 10.0 Å². The van der Waals surface area contributed by atoms with Gasteiger partial charge in [-0.25, -0.2) is 18.5 Å². The molecule has 3 rings (SSSR count). The van der Waals surface area contributed by atoms with Gasteiger partial charge in [-0.3, -0.25) is 0 Å². The molecule has 120 valence electrons. The van der Waals surface area contributed by atoms with Gasteiger partial charge in [0, 0.05) is 18.9 Å². The summed E-state index contributed by atoms with van der Waals surface area (Å²) in [4.78, 5) is 4.45. The molecule has 2 N–H and O–H groups in total. The highest BCUT2D eigenvalue weighted by atomic mass is 32.2. The lowest BCUT2D eigenvalue weighted by Crippen LogP contribution is -2.12. The molecule has 0 spiro atoms. The van der Waals surface area contributed by atoms with Crippen molar-refractivity contribution < 1.29 is 12.8 Å². The van der Waals surface area contributed by atoms with Crippen LogP contribution in [0.2, 0.25) is 0 Å². The van der Waals surface area contributed by atoms with Crippen LogP contribution in [0.1, 0.15) is 11.3 Å². The molecule has 23 heavy (non-hydrogen) atoms. The topological polar surface area (TPSA) is 91.1 Å². The lowest BCUT2D eigenvalue weighted by molar-refractivity contribution is 0.537. The third-order valence-corrected chi connectivity index (χ3v) is 4.50. The molecule has 0 aliphatic rings. The summed E-state index contributed by atoms with van der Waals surface area (Å²) in [6, 6.07) is 10.4. The fourth-order valence-electron chi connectivity index (χ4n) is 2.36. The zero-order valence-corrected chi connectivity index (χ0v) is 13.5. The fourth-order valence-corrected chi connectivity index (χ4v) is 2.88. The Morgan fingerprint density at radius 1 is 1.17 bits per heavy atom. The molecule has 0 aliphatic carbocycles. The summed E-state index contributed by atoms with van der Waals surface area (Å²) in [5.74, 6) is 2.35. The van der Waals surface area contributed by atoms with E-state index < -0.39 is 10.0 Å². The van der Waals surface area contributed by atoms with E-state index in [1.807, 2.05) is 29.8 Å². The summed E-state index contributed by atoms with van der Waals surface area (Å²) in [6.07, 6.45) is 4.37. The van der Waals surface area contributed by atoms with Crippen LogP contribution in [0.5, 0.6) is 0 Å². The standard InChI is InChI=1S/C16H17N3O3S/c1-12-2-7-15(22-12)16-18-9-11-19(16)10-8-13-3-5-14(6-4-13)23(17,20)21/h2-7,9,11H,8,10H2,1H3,(H2,17,20,21). The fraction of sp³-hybridized carbons (Fsp3) is 0.188. The van der Waals surface area contributed by atoms with Gasteiger partial charge in [0.05, 0.1) is 4.90 Å². The van der Waals surface area contributed by atoms with Gasteiger partial charge >= 0.3 is 0 Å². The molecule has 6 nitrogen and oxygen atoms in total. The van der Waals surface area contributed by atoms with Crippen LogP contribution < -0.4 is 5.14 Å². The maximum Gasteiger partial charge on any atom is 0.238 e. The first-order valence-electron chi connectivity index (χ1n) is 7.13. The van der Waals surface area contributed by atoms with Crippen LogP contribution >= 0.6 is 0 Å². The lowest BCUT2D eigenvalue weighted by Gasteiger charge is -2.07. The predicted molar refractivity (Wildman–Crippen MR) is 86.2 cm³/mol. The quantitative estimate of drug-likeness (QED) is 0.777. The van der Waals surface area contributed by atoms with Crippen LogP contribution in [-0.2, 0) is 23.0 Å². The summed E-state index contributed by atoms with van der Waals surface area (Å²) in [5, 5.41) is 5.09. The Kier molecular flexibility index (Phi) is 4.06. The molecule has 2 aromatic heterocycles. The van der Waals surface area contributed by atoms with Gasteiger partial charge in [-0.1, -0.05) is 12.1 Å². The summed E-state index contributed by atoms with van der Waals surface area (Å²) in [7, 11) is -3.65. The van der Waals surface area contributed by atoms with Gasteiger partial charge in [-0.2, -0.15) is 0 Å². The molecule has 0 atom stereocenters. The maximum absolute atomic E-state index is 11.2. The van der Waals surface area contributed by atoms with E-state index in [0.717, 1.165) is 29.3 Å². The minimum Gasteiger partial charge on any atom is -0.458 e. The van der Waals surface area contributed by atoms with Crippen molar-refractivity contribution in [2.45, 2.75) is 24.8 Å². The number of rotatable bonds is 5. The number of nitrogens with zero attached hydrogens (tertiary/aromatic N) is 2. The van der Waals surface area contributed by atoms with E-state index in [9.17, 15) is 8.42 Å². The monoisotopic (exact) mass is 331 g/mol. The number of benzene rings is 1. The zero-order chi connectivity index (χ0) is 16.4. The Bertz CT molecular complexity index is 908. The molecule has 2 heterocycles. The highest BCUT2D eigenvalue weighted by Crippen LogP contribution is 2.20. The van der Waals surface area contributed by atoms with Gasteiger partial charge in [0.1, 0.15) is 5.76 Å². The van der Waals surface area contributed by atoms with E-state index in [-0.39, 0.29) is 4.90 Å². The van der Waals surface area contributed by atoms with E-state index in [0.29, 0.717) is 6.54 Å². The summed E-state index contributed by atoms with van der Waals surface area (Å²) in [6.45, 7) is 2.60. The van der Waals surface area contributed by atoms with Crippen molar-refractivity contribution in [1.29, 1.82) is 0 Å². The van der Waals surface area contributed by atoms with Crippen molar-refractivity contribution in [2.24, 2.45) is 5.14 Å². The largest absolute Gasteiger partial charge is 0.458 e. The van der Waals surface area contributed by atoms with Crippen LogP contribution in [0.25, 0.3) is 11.6 Å². The first kappa shape index (κ1) is 15.5. The highest BCUT2D eigenvalue weighted by molar-refractivity contribution is 7.89. The van der Waals surface area contributed by atoms with Gasteiger partial charge in [-0.05, 0) is 43.2 Å². The lowest BCUT2D eigenvalue weighted by atomic mass is 10.1. The van der Waals surface area contributed by atoms with Crippen molar-refractivity contribution >= 4 is 10.0 Å². The number of furan rings is 1. The van der Waals surface area contributed by atoms with Crippen molar-refractivity contribution in [2.75, 3.05) is 0 Å². The van der Waals surface area contributed by atoms with E-state index >= 15 is 0 Å². The molecule has 0 radical (unpaired) electrons. The second-order valence-corrected chi connectivity index (χ2v) is 6.85. The molecule has 3 aromatic rings. The molecular formula is C16H17N3O3S. The normalized spacial score (nSPS) is 11.7. The Labute approximate surface area is 134 Å². The maximum atomic E-state index is 11.2. The van der Waals surface area contributed by atoms with Crippen LogP contribution in [0.15, 0.2) is 58.1 Å². The third-order valence-electron chi connectivity index (χ3n) is 3.57. The Hall–Kier alpha value is -2.38. The molecule has 0 bridgehead atoms. The Morgan fingerprint density at radius 3 is 2.52 bits per heavy atom. The van der Waals surface area contributed by atoms with Gasteiger partial charge in [0.25, 0.3) is 0 Å². The van der Waals surface area contributed by atoms with Crippen LogP contribution in [0.3, 0.4) is 0 Å². The molecule has 0 saturated heterocycles. The van der Waals surface area contributed by atoms with Crippen molar-refractivity contribution in [3.8, 4) is 11.6 Å². The van der Waals surface area contributed by atoms with Crippen LogP contribution in [-0.4, -0.2) is 18.0 Å². The summed E-state index contributed by atoms with van der Waals surface area (Å²) >= 11 is 0. The number of imidazole rings is 1. The number of primary sulfonamides is 1. The molecule has 0 saturated carbocycles. The number of sulfonamides is 1. The Morgan fingerprint density at radius 2 is 1.91 bits per heavy atom. The van der Waals surface area contributed by atoms with Crippen molar-refractivity contribution in [3.63, 3.8) is 0 Å². The number of hydrogen-bond acceptors (Lipinski definition) is 4. The molecule has 0 fully saturated rings. The number of hydrogen-bond donors (Lipinski definition) is 1. The first-order valence-corrected chi connectivity index (χ1v) is 8.68. The smallest absolute Gasteiger partial charge is 0.238 e. The van der Waals surface area contributed by atoms with Gasteiger partial charge in [0.15, 0.2) is 11.6 Å². The number of nitrogens with two attached hydrogens (primary N) is 1. The van der Waals surface area contributed by atoms with Gasteiger partial charge < -0.3 is 8.98 Å². The van der Waals surface area contributed by atoms with Crippen LogP contribution in [0, 0.1) is 6.92 Å². The Balaban J connectivity index is 1.73. The average molecular weight is 331 g/mol. The minimum absolute atomic E-state index is 0.121. The molecule has 1 aromatic carbocycles. The summed E-state index contributed by atoms with van der Waals surface area (Å²) in [5.41, 5.74) is 1.02. The molecule has 0 unspecified atom stereocenters. The van der Waals surface area contributed by atoms with Crippen molar-refractivity contribution in [3.05, 3.63) is 60.1 Å².